The number of aromatic carboxylic acids is 1. The van der Waals surface area contributed by atoms with Crippen LogP contribution in [0.25, 0.3) is 17.2 Å². The fraction of sp³-hybridized carbons (Fsp3) is 0.290. The number of carboxylic acid groups (broad SMARTS) is 1. The molecule has 34 heavy (non-hydrogen) atoms. The van der Waals surface area contributed by atoms with Gasteiger partial charge in [0.2, 0.25) is 0 Å². The first kappa shape index (κ1) is 23.7. The standard InChI is InChI=1S/C31H32O3/c1-20-6-11-22(12-7-20)25-18-24(19-26-28(25)31(4,5)17-16-30(26,2)3)27(32)15-10-21-8-13-23(14-9-21)29(33)34/h6-15,18-19H,16-17H2,1-5H3,(H,33,34)/b15-10+. The van der Waals surface area contributed by atoms with Crippen LogP contribution in [0.1, 0.15) is 83.5 Å². The van der Waals surface area contributed by atoms with Crippen LogP contribution in [0.4, 0.5) is 0 Å². The average molecular weight is 453 g/mol. The van der Waals surface area contributed by atoms with E-state index < -0.39 is 5.97 Å². The molecule has 0 saturated heterocycles. The van der Waals surface area contributed by atoms with Crippen molar-refractivity contribution in [3.05, 3.63) is 100 Å². The number of benzene rings is 3. The van der Waals surface area contributed by atoms with Gasteiger partial charge in [0.15, 0.2) is 5.78 Å². The minimum atomic E-state index is -0.963. The van der Waals surface area contributed by atoms with E-state index in [2.05, 4.69) is 65.0 Å². The lowest BCUT2D eigenvalue weighted by molar-refractivity contribution is 0.0696. The summed E-state index contributed by atoms with van der Waals surface area (Å²) in [5.41, 5.74) is 7.78. The van der Waals surface area contributed by atoms with E-state index in [9.17, 15) is 9.59 Å². The first-order valence-electron chi connectivity index (χ1n) is 11.8. The molecular weight excluding hydrogens is 420 g/mol. The fourth-order valence-electron chi connectivity index (χ4n) is 4.90. The largest absolute Gasteiger partial charge is 0.478 e. The van der Waals surface area contributed by atoms with Crippen LogP contribution >= 0.6 is 0 Å². The average Bonchev–Trinajstić information content (AvgIpc) is 2.80. The quantitative estimate of drug-likeness (QED) is 0.320. The number of aryl methyl sites for hydroxylation is 1. The van der Waals surface area contributed by atoms with Gasteiger partial charge in [-0.15, -0.1) is 0 Å². The summed E-state index contributed by atoms with van der Waals surface area (Å²) in [4.78, 5) is 24.4. The Hall–Kier alpha value is -3.46. The predicted molar refractivity (Wildman–Crippen MR) is 139 cm³/mol. The molecule has 0 heterocycles. The smallest absolute Gasteiger partial charge is 0.335 e. The van der Waals surface area contributed by atoms with Crippen molar-refractivity contribution in [2.45, 2.75) is 58.3 Å². The number of hydrogen-bond acceptors (Lipinski definition) is 2. The molecule has 0 fully saturated rings. The van der Waals surface area contributed by atoms with Gasteiger partial charge in [-0.2, -0.15) is 0 Å². The number of fused-ring (bicyclic) bond motifs is 1. The molecule has 174 valence electrons. The highest BCUT2D eigenvalue weighted by Gasteiger charge is 2.39. The van der Waals surface area contributed by atoms with Crippen LogP contribution in [-0.4, -0.2) is 16.9 Å². The second-order valence-electron chi connectivity index (χ2n) is 10.7. The van der Waals surface area contributed by atoms with Gasteiger partial charge in [0.1, 0.15) is 0 Å². The molecule has 0 atom stereocenters. The SMILES string of the molecule is Cc1ccc(-c2cc(C(=O)/C=C/c3ccc(C(=O)O)cc3)cc3c2C(C)(C)CCC3(C)C)cc1. The first-order chi connectivity index (χ1) is 16.0. The number of ketones is 1. The van der Waals surface area contributed by atoms with Crippen molar-refractivity contribution >= 4 is 17.8 Å². The van der Waals surface area contributed by atoms with Gasteiger partial charge in [-0.25, -0.2) is 4.79 Å². The van der Waals surface area contributed by atoms with Gasteiger partial charge in [-0.05, 0) is 88.8 Å². The van der Waals surface area contributed by atoms with Crippen LogP contribution in [0.15, 0.2) is 66.7 Å². The van der Waals surface area contributed by atoms with Gasteiger partial charge in [0.25, 0.3) is 0 Å². The van der Waals surface area contributed by atoms with Gasteiger partial charge in [0, 0.05) is 5.56 Å². The summed E-state index contributed by atoms with van der Waals surface area (Å²) < 4.78 is 0. The molecule has 0 amide bonds. The molecule has 3 nitrogen and oxygen atoms in total. The molecule has 0 radical (unpaired) electrons. The van der Waals surface area contributed by atoms with Crippen LogP contribution in [0.2, 0.25) is 0 Å². The summed E-state index contributed by atoms with van der Waals surface area (Å²) in [6, 6.07) is 19.2. The highest BCUT2D eigenvalue weighted by molar-refractivity contribution is 6.08. The molecule has 3 aromatic carbocycles. The van der Waals surface area contributed by atoms with Crippen molar-refractivity contribution in [3.63, 3.8) is 0 Å². The number of carboxylic acids is 1. The Kier molecular flexibility index (Phi) is 6.07. The summed E-state index contributed by atoms with van der Waals surface area (Å²) in [6.07, 6.45) is 5.50. The van der Waals surface area contributed by atoms with Crippen molar-refractivity contribution in [1.29, 1.82) is 0 Å². The highest BCUT2D eigenvalue weighted by Crippen LogP contribution is 2.49. The zero-order chi connectivity index (χ0) is 24.7. The van der Waals surface area contributed by atoms with Crippen molar-refractivity contribution in [1.82, 2.24) is 0 Å². The third-order valence-corrected chi connectivity index (χ3v) is 7.15. The predicted octanol–water partition coefficient (Wildman–Crippen LogP) is 7.61. The molecule has 0 saturated carbocycles. The van der Waals surface area contributed by atoms with Crippen molar-refractivity contribution in [3.8, 4) is 11.1 Å². The van der Waals surface area contributed by atoms with E-state index in [1.54, 1.807) is 36.4 Å². The summed E-state index contributed by atoms with van der Waals surface area (Å²) in [5.74, 6) is -1.02. The lowest BCUT2D eigenvalue weighted by atomic mass is 9.61. The Bertz CT molecular complexity index is 1270. The molecule has 4 rings (SSSR count). The van der Waals surface area contributed by atoms with Gasteiger partial charge >= 0.3 is 5.97 Å². The Morgan fingerprint density at radius 1 is 0.824 bits per heavy atom. The third kappa shape index (κ3) is 4.61. The molecule has 0 spiro atoms. The zero-order valence-corrected chi connectivity index (χ0v) is 20.6. The van der Waals surface area contributed by atoms with Crippen molar-refractivity contribution < 1.29 is 14.7 Å². The minimum absolute atomic E-state index is 0.0169. The van der Waals surface area contributed by atoms with Crippen LogP contribution in [0.5, 0.6) is 0 Å². The highest BCUT2D eigenvalue weighted by atomic mass is 16.4. The first-order valence-corrected chi connectivity index (χ1v) is 11.8. The normalized spacial score (nSPS) is 16.3. The van der Waals surface area contributed by atoms with Gasteiger partial charge in [0.05, 0.1) is 5.56 Å². The summed E-state index contributed by atoms with van der Waals surface area (Å²) >= 11 is 0. The van der Waals surface area contributed by atoms with Gasteiger partial charge in [-0.1, -0.05) is 75.7 Å². The van der Waals surface area contributed by atoms with E-state index >= 15 is 0 Å². The number of carbonyl (C=O) groups is 2. The Balaban J connectivity index is 1.80. The van der Waals surface area contributed by atoms with Crippen LogP contribution in [0.3, 0.4) is 0 Å². The Labute approximate surface area is 202 Å². The Morgan fingerprint density at radius 2 is 1.44 bits per heavy atom. The molecule has 3 heteroatoms. The van der Waals surface area contributed by atoms with Gasteiger partial charge in [-0.3, -0.25) is 4.79 Å². The monoisotopic (exact) mass is 452 g/mol. The molecule has 1 aliphatic carbocycles. The maximum Gasteiger partial charge on any atom is 0.335 e. The minimum Gasteiger partial charge on any atom is -0.478 e. The molecule has 3 aromatic rings. The lowest BCUT2D eigenvalue weighted by Crippen LogP contribution is -2.34. The van der Waals surface area contributed by atoms with Crippen molar-refractivity contribution in [2.75, 3.05) is 0 Å². The molecule has 0 aliphatic heterocycles. The van der Waals surface area contributed by atoms with Crippen molar-refractivity contribution in [2.24, 2.45) is 0 Å². The molecule has 1 aliphatic rings. The van der Waals surface area contributed by atoms with E-state index in [0.717, 1.165) is 29.5 Å². The molecular formula is C31H32O3. The number of rotatable bonds is 5. The zero-order valence-electron chi connectivity index (χ0n) is 20.6. The van der Waals surface area contributed by atoms with E-state index in [-0.39, 0.29) is 22.2 Å². The van der Waals surface area contributed by atoms with E-state index in [0.29, 0.717) is 5.56 Å². The Morgan fingerprint density at radius 3 is 2.06 bits per heavy atom. The second kappa shape index (κ2) is 8.72. The number of allylic oxidation sites excluding steroid dienone is 1. The van der Waals surface area contributed by atoms with Gasteiger partial charge < -0.3 is 5.11 Å². The van der Waals surface area contributed by atoms with Crippen LogP contribution < -0.4 is 0 Å². The number of carbonyl (C=O) groups excluding carboxylic acids is 1. The summed E-state index contributed by atoms with van der Waals surface area (Å²) in [6.45, 7) is 11.2. The fourth-order valence-corrected chi connectivity index (χ4v) is 4.90. The molecule has 1 N–H and O–H groups in total. The van der Waals surface area contributed by atoms with Crippen LogP contribution in [0, 0.1) is 6.92 Å². The molecule has 0 unspecified atom stereocenters. The lowest BCUT2D eigenvalue weighted by Gasteiger charge is -2.43. The van der Waals surface area contributed by atoms with E-state index in [4.69, 9.17) is 5.11 Å². The van der Waals surface area contributed by atoms with E-state index in [1.807, 2.05) is 6.07 Å². The molecule has 0 aromatic heterocycles. The topological polar surface area (TPSA) is 54.4 Å². The maximum absolute atomic E-state index is 13.3. The van der Waals surface area contributed by atoms with Crippen LogP contribution in [-0.2, 0) is 10.8 Å². The summed E-state index contributed by atoms with van der Waals surface area (Å²) in [7, 11) is 0. The maximum atomic E-state index is 13.3. The molecule has 0 bridgehead atoms. The third-order valence-electron chi connectivity index (χ3n) is 7.15. The summed E-state index contributed by atoms with van der Waals surface area (Å²) in [5, 5.41) is 9.08. The second-order valence-corrected chi connectivity index (χ2v) is 10.7. The number of hydrogen-bond donors (Lipinski definition) is 1. The van der Waals surface area contributed by atoms with E-state index in [1.165, 1.54) is 16.7 Å².